The quantitative estimate of drug-likeness (QED) is 0.400. The lowest BCUT2D eigenvalue weighted by molar-refractivity contribution is -0.119. The third-order valence-electron chi connectivity index (χ3n) is 3.85. The molecule has 26 heavy (non-hydrogen) atoms. The Morgan fingerprint density at radius 1 is 1.08 bits per heavy atom. The molecule has 0 heterocycles. The number of hydrogen-bond acceptors (Lipinski definition) is 3. The minimum Gasteiger partial charge on any atom is -0.331 e. The molecule has 0 bridgehead atoms. The number of rotatable bonds is 5. The molecule has 0 saturated heterocycles. The van der Waals surface area contributed by atoms with Crippen LogP contribution in [0.4, 0.5) is 5.69 Å². The van der Waals surface area contributed by atoms with Crippen molar-refractivity contribution in [1.29, 1.82) is 0 Å². The van der Waals surface area contributed by atoms with Crippen LogP contribution in [-0.4, -0.2) is 16.8 Å². The van der Waals surface area contributed by atoms with Crippen LogP contribution in [0.1, 0.15) is 36.5 Å². The van der Waals surface area contributed by atoms with Gasteiger partial charge >= 0.3 is 0 Å². The van der Waals surface area contributed by atoms with E-state index in [2.05, 4.69) is 60.3 Å². The molecule has 1 amide bonds. The second-order valence-electron chi connectivity index (χ2n) is 6.46. The van der Waals surface area contributed by atoms with Crippen molar-refractivity contribution < 1.29 is 4.79 Å². The lowest BCUT2D eigenvalue weighted by atomic mass is 10.0. The predicted octanol–water partition coefficient (Wildman–Crippen LogP) is 4.54. The SMILES string of the molecule is Cc1ccc(C)c(SCC(=O)NNC(=S)Nc2ccc(C(C)C)cc2)c1. The Morgan fingerprint density at radius 3 is 2.42 bits per heavy atom. The van der Waals surface area contributed by atoms with E-state index in [1.807, 2.05) is 26.0 Å². The molecular formula is C20H25N3OS2. The monoisotopic (exact) mass is 387 g/mol. The van der Waals surface area contributed by atoms with Gasteiger partial charge in [0, 0.05) is 10.6 Å². The van der Waals surface area contributed by atoms with Gasteiger partial charge in [-0.2, -0.15) is 0 Å². The Balaban J connectivity index is 1.76. The number of amides is 1. The van der Waals surface area contributed by atoms with E-state index in [0.29, 0.717) is 16.8 Å². The topological polar surface area (TPSA) is 53.2 Å². The molecule has 0 saturated carbocycles. The third kappa shape index (κ3) is 6.35. The smallest absolute Gasteiger partial charge is 0.248 e. The number of carbonyl (C=O) groups is 1. The molecule has 0 fully saturated rings. The summed E-state index contributed by atoms with van der Waals surface area (Å²) in [7, 11) is 0. The number of anilines is 1. The Morgan fingerprint density at radius 2 is 1.77 bits per heavy atom. The summed E-state index contributed by atoms with van der Waals surface area (Å²) in [6.07, 6.45) is 0. The highest BCUT2D eigenvalue weighted by molar-refractivity contribution is 8.00. The van der Waals surface area contributed by atoms with Crippen molar-refractivity contribution in [2.75, 3.05) is 11.1 Å². The van der Waals surface area contributed by atoms with E-state index in [-0.39, 0.29) is 5.91 Å². The molecule has 0 aliphatic heterocycles. The van der Waals surface area contributed by atoms with Crippen LogP contribution in [0.5, 0.6) is 0 Å². The van der Waals surface area contributed by atoms with Gasteiger partial charge in [-0.15, -0.1) is 11.8 Å². The zero-order valence-electron chi connectivity index (χ0n) is 15.6. The van der Waals surface area contributed by atoms with Crippen molar-refractivity contribution in [2.45, 2.75) is 38.5 Å². The molecule has 0 aromatic heterocycles. The fraction of sp³-hybridized carbons (Fsp3) is 0.300. The summed E-state index contributed by atoms with van der Waals surface area (Å²) < 4.78 is 0. The number of benzene rings is 2. The molecule has 0 aliphatic carbocycles. The number of aryl methyl sites for hydroxylation is 2. The molecule has 0 atom stereocenters. The highest BCUT2D eigenvalue weighted by Crippen LogP contribution is 2.23. The highest BCUT2D eigenvalue weighted by atomic mass is 32.2. The van der Waals surface area contributed by atoms with Gasteiger partial charge in [0.1, 0.15) is 0 Å². The molecule has 0 unspecified atom stereocenters. The van der Waals surface area contributed by atoms with Gasteiger partial charge in [-0.3, -0.25) is 15.6 Å². The lowest BCUT2D eigenvalue weighted by Crippen LogP contribution is -2.44. The van der Waals surface area contributed by atoms with Crippen LogP contribution in [0, 0.1) is 13.8 Å². The van der Waals surface area contributed by atoms with Gasteiger partial charge in [-0.1, -0.05) is 43.7 Å². The van der Waals surface area contributed by atoms with Gasteiger partial charge in [0.25, 0.3) is 0 Å². The van der Waals surface area contributed by atoms with E-state index in [9.17, 15) is 4.79 Å². The molecule has 2 aromatic rings. The second-order valence-corrected chi connectivity index (χ2v) is 7.89. The summed E-state index contributed by atoms with van der Waals surface area (Å²) >= 11 is 6.72. The van der Waals surface area contributed by atoms with Crippen LogP contribution in [0.2, 0.25) is 0 Å². The molecule has 0 spiro atoms. The summed E-state index contributed by atoms with van der Waals surface area (Å²) in [5.41, 5.74) is 9.87. The maximum atomic E-state index is 12.0. The van der Waals surface area contributed by atoms with Crippen molar-refractivity contribution in [3.05, 3.63) is 59.2 Å². The summed E-state index contributed by atoms with van der Waals surface area (Å²) in [5, 5.41) is 3.41. The second kappa shape index (κ2) is 9.59. The van der Waals surface area contributed by atoms with Crippen molar-refractivity contribution in [3.63, 3.8) is 0 Å². The van der Waals surface area contributed by atoms with Gasteiger partial charge in [-0.05, 0) is 61.3 Å². The summed E-state index contributed by atoms with van der Waals surface area (Å²) in [5.74, 6) is 0.682. The van der Waals surface area contributed by atoms with Crippen LogP contribution < -0.4 is 16.2 Å². The van der Waals surface area contributed by atoms with Crippen LogP contribution in [0.25, 0.3) is 0 Å². The Labute approximate surface area is 165 Å². The maximum absolute atomic E-state index is 12.0. The number of hydrazine groups is 1. The number of carbonyl (C=O) groups excluding carboxylic acids is 1. The molecular weight excluding hydrogens is 362 g/mol. The average Bonchev–Trinajstić information content (AvgIpc) is 2.61. The molecule has 2 rings (SSSR count). The standard InChI is InChI=1S/C20H25N3OS2/c1-13(2)16-7-9-17(10-8-16)21-20(25)23-22-19(24)12-26-18-11-14(3)5-6-15(18)4/h5-11,13H,12H2,1-4H3,(H,22,24)(H2,21,23,25). The minimum absolute atomic E-state index is 0.129. The van der Waals surface area contributed by atoms with E-state index in [1.54, 1.807) is 0 Å². The van der Waals surface area contributed by atoms with E-state index in [0.717, 1.165) is 10.6 Å². The molecule has 2 aromatic carbocycles. The lowest BCUT2D eigenvalue weighted by Gasteiger charge is -2.13. The van der Waals surface area contributed by atoms with Crippen LogP contribution in [-0.2, 0) is 4.79 Å². The first-order valence-corrected chi connectivity index (χ1v) is 9.90. The van der Waals surface area contributed by atoms with Crippen molar-refractivity contribution in [1.82, 2.24) is 10.9 Å². The first kappa shape index (κ1) is 20.3. The first-order valence-electron chi connectivity index (χ1n) is 8.51. The van der Waals surface area contributed by atoms with E-state index < -0.39 is 0 Å². The molecule has 0 radical (unpaired) electrons. The molecule has 3 N–H and O–H groups in total. The molecule has 4 nitrogen and oxygen atoms in total. The normalized spacial score (nSPS) is 10.5. The van der Waals surface area contributed by atoms with E-state index in [1.165, 1.54) is 28.5 Å². The summed E-state index contributed by atoms with van der Waals surface area (Å²) in [6, 6.07) is 14.3. The largest absolute Gasteiger partial charge is 0.331 e. The zero-order chi connectivity index (χ0) is 19.1. The van der Waals surface area contributed by atoms with Gasteiger partial charge in [-0.25, -0.2) is 0 Å². The highest BCUT2D eigenvalue weighted by Gasteiger charge is 2.06. The fourth-order valence-corrected chi connectivity index (χ4v) is 3.37. The number of thioether (sulfide) groups is 1. The van der Waals surface area contributed by atoms with Crippen molar-refractivity contribution in [2.24, 2.45) is 0 Å². The third-order valence-corrected chi connectivity index (χ3v) is 5.21. The van der Waals surface area contributed by atoms with E-state index >= 15 is 0 Å². The molecule has 138 valence electrons. The van der Waals surface area contributed by atoms with Crippen LogP contribution in [0.15, 0.2) is 47.4 Å². The van der Waals surface area contributed by atoms with Gasteiger partial charge in [0.05, 0.1) is 5.75 Å². The van der Waals surface area contributed by atoms with Crippen molar-refractivity contribution >= 4 is 40.7 Å². The van der Waals surface area contributed by atoms with Crippen LogP contribution >= 0.6 is 24.0 Å². The summed E-state index contributed by atoms with van der Waals surface area (Å²) in [6.45, 7) is 8.39. The Kier molecular flexibility index (Phi) is 7.48. The van der Waals surface area contributed by atoms with E-state index in [4.69, 9.17) is 12.2 Å². The summed E-state index contributed by atoms with van der Waals surface area (Å²) in [4.78, 5) is 13.1. The number of hydrogen-bond donors (Lipinski definition) is 3. The zero-order valence-corrected chi connectivity index (χ0v) is 17.2. The Bertz CT molecular complexity index is 773. The number of nitrogens with one attached hydrogen (secondary N) is 3. The van der Waals surface area contributed by atoms with Gasteiger partial charge in [0.2, 0.25) is 5.91 Å². The van der Waals surface area contributed by atoms with Gasteiger partial charge in [0.15, 0.2) is 5.11 Å². The van der Waals surface area contributed by atoms with Crippen LogP contribution in [0.3, 0.4) is 0 Å². The maximum Gasteiger partial charge on any atom is 0.248 e. The fourth-order valence-electron chi connectivity index (χ4n) is 2.28. The Hall–Kier alpha value is -2.05. The van der Waals surface area contributed by atoms with Gasteiger partial charge < -0.3 is 5.32 Å². The first-order chi connectivity index (χ1) is 12.3. The number of thiocarbonyl (C=S) groups is 1. The predicted molar refractivity (Wildman–Crippen MR) is 115 cm³/mol. The molecule has 6 heteroatoms. The molecule has 0 aliphatic rings. The average molecular weight is 388 g/mol. The van der Waals surface area contributed by atoms with Crippen molar-refractivity contribution in [3.8, 4) is 0 Å². The minimum atomic E-state index is -0.129.